The minimum atomic E-state index is -3.72. The number of hydrogen-bond acceptors (Lipinski definition) is 5. The SMILES string of the molecule is COc1cc(Br)c(S(=O)(=O)NCCSCc2ccccc2F)cc1OC. The van der Waals surface area contributed by atoms with Gasteiger partial charge >= 0.3 is 0 Å². The van der Waals surface area contributed by atoms with E-state index in [1.807, 2.05) is 0 Å². The Labute approximate surface area is 165 Å². The first kappa shape index (κ1) is 21.0. The van der Waals surface area contributed by atoms with Crippen LogP contribution in [0.1, 0.15) is 5.56 Å². The minimum Gasteiger partial charge on any atom is -0.493 e. The predicted molar refractivity (Wildman–Crippen MR) is 105 cm³/mol. The van der Waals surface area contributed by atoms with Gasteiger partial charge in [0.25, 0.3) is 0 Å². The number of thioether (sulfide) groups is 1. The van der Waals surface area contributed by atoms with E-state index in [9.17, 15) is 12.8 Å². The van der Waals surface area contributed by atoms with Gasteiger partial charge in [-0.1, -0.05) is 18.2 Å². The van der Waals surface area contributed by atoms with E-state index in [2.05, 4.69) is 20.7 Å². The van der Waals surface area contributed by atoms with Crippen molar-refractivity contribution >= 4 is 37.7 Å². The maximum atomic E-state index is 13.5. The molecule has 0 aromatic heterocycles. The Morgan fingerprint density at radius 2 is 1.81 bits per heavy atom. The molecule has 0 amide bonds. The second-order valence-electron chi connectivity index (χ2n) is 5.18. The van der Waals surface area contributed by atoms with Crippen LogP contribution in [-0.2, 0) is 15.8 Å². The van der Waals surface area contributed by atoms with Gasteiger partial charge in [-0.2, -0.15) is 11.8 Å². The van der Waals surface area contributed by atoms with Gasteiger partial charge in [-0.15, -0.1) is 0 Å². The van der Waals surface area contributed by atoms with Crippen LogP contribution in [-0.4, -0.2) is 34.9 Å². The zero-order valence-electron chi connectivity index (χ0n) is 14.3. The van der Waals surface area contributed by atoms with Crippen molar-refractivity contribution in [3.05, 3.63) is 52.3 Å². The Bertz CT molecular complexity index is 862. The van der Waals surface area contributed by atoms with E-state index in [4.69, 9.17) is 9.47 Å². The molecule has 2 aromatic rings. The summed E-state index contributed by atoms with van der Waals surface area (Å²) in [5.41, 5.74) is 0.600. The molecule has 0 aliphatic heterocycles. The molecule has 0 heterocycles. The zero-order chi connectivity index (χ0) is 19.2. The van der Waals surface area contributed by atoms with Crippen molar-refractivity contribution in [1.29, 1.82) is 0 Å². The Balaban J connectivity index is 1.95. The molecule has 0 saturated heterocycles. The maximum Gasteiger partial charge on any atom is 0.241 e. The van der Waals surface area contributed by atoms with Crippen LogP contribution in [0.25, 0.3) is 0 Å². The summed E-state index contributed by atoms with van der Waals surface area (Å²) in [6.45, 7) is 0.224. The molecule has 9 heteroatoms. The first-order valence-corrected chi connectivity index (χ1v) is 11.0. The Morgan fingerprint density at radius 3 is 2.46 bits per heavy atom. The van der Waals surface area contributed by atoms with Crippen molar-refractivity contribution in [3.8, 4) is 11.5 Å². The second-order valence-corrected chi connectivity index (χ2v) is 8.87. The number of ether oxygens (including phenoxy) is 2. The van der Waals surface area contributed by atoms with E-state index >= 15 is 0 Å². The van der Waals surface area contributed by atoms with Crippen LogP contribution in [0.2, 0.25) is 0 Å². The fourth-order valence-electron chi connectivity index (χ4n) is 2.16. The normalized spacial score (nSPS) is 11.4. The van der Waals surface area contributed by atoms with Gasteiger partial charge in [0.15, 0.2) is 11.5 Å². The van der Waals surface area contributed by atoms with Crippen molar-refractivity contribution in [2.75, 3.05) is 26.5 Å². The molecular weight excluding hydrogens is 445 g/mol. The average Bonchev–Trinajstić information content (AvgIpc) is 2.62. The molecule has 0 bridgehead atoms. The fraction of sp³-hybridized carbons (Fsp3) is 0.294. The summed E-state index contributed by atoms with van der Waals surface area (Å²) in [6.07, 6.45) is 0. The van der Waals surface area contributed by atoms with Gasteiger partial charge in [-0.25, -0.2) is 17.5 Å². The van der Waals surface area contributed by atoms with Gasteiger partial charge in [-0.3, -0.25) is 0 Å². The third-order valence-corrected chi connectivity index (χ3v) is 6.91. The van der Waals surface area contributed by atoms with Gasteiger partial charge in [0.05, 0.1) is 14.2 Å². The largest absolute Gasteiger partial charge is 0.493 e. The summed E-state index contributed by atoms with van der Waals surface area (Å²) in [6, 6.07) is 9.48. The van der Waals surface area contributed by atoms with Crippen molar-refractivity contribution in [2.45, 2.75) is 10.6 Å². The van der Waals surface area contributed by atoms with Crippen LogP contribution in [0.4, 0.5) is 4.39 Å². The van der Waals surface area contributed by atoms with Crippen LogP contribution in [0.15, 0.2) is 45.8 Å². The summed E-state index contributed by atoms with van der Waals surface area (Å²) in [7, 11) is -0.806. The van der Waals surface area contributed by atoms with Crippen molar-refractivity contribution in [3.63, 3.8) is 0 Å². The van der Waals surface area contributed by atoms with Gasteiger partial charge in [0.2, 0.25) is 10.0 Å². The fourth-order valence-corrected chi connectivity index (χ4v) is 5.20. The highest BCUT2D eigenvalue weighted by molar-refractivity contribution is 9.10. The lowest BCUT2D eigenvalue weighted by Gasteiger charge is -2.13. The topological polar surface area (TPSA) is 64.6 Å². The molecule has 2 aromatic carbocycles. The van der Waals surface area contributed by atoms with Crippen molar-refractivity contribution in [2.24, 2.45) is 0 Å². The number of rotatable bonds is 9. The van der Waals surface area contributed by atoms with Crippen LogP contribution >= 0.6 is 27.7 Å². The number of methoxy groups -OCH3 is 2. The lowest BCUT2D eigenvalue weighted by atomic mass is 10.2. The summed E-state index contributed by atoms with van der Waals surface area (Å²) in [5.74, 6) is 1.49. The monoisotopic (exact) mass is 463 g/mol. The molecule has 0 spiro atoms. The smallest absolute Gasteiger partial charge is 0.241 e. The van der Waals surface area contributed by atoms with Crippen LogP contribution in [0.5, 0.6) is 11.5 Å². The quantitative estimate of drug-likeness (QED) is 0.572. The van der Waals surface area contributed by atoms with Gasteiger partial charge < -0.3 is 9.47 Å². The Kier molecular flexibility index (Phi) is 7.75. The molecule has 1 N–H and O–H groups in total. The molecular formula is C17H19BrFNO4S2. The molecule has 142 valence electrons. The zero-order valence-corrected chi connectivity index (χ0v) is 17.5. The summed E-state index contributed by atoms with van der Waals surface area (Å²) in [5, 5.41) is 0. The first-order valence-electron chi connectivity index (χ1n) is 7.61. The summed E-state index contributed by atoms with van der Waals surface area (Å²) >= 11 is 4.70. The molecule has 26 heavy (non-hydrogen) atoms. The predicted octanol–water partition coefficient (Wildman–Crippen LogP) is 3.82. The standard InChI is InChI=1S/C17H19BrFNO4S2/c1-23-15-9-13(18)17(10-16(15)24-2)26(21,22)20-7-8-25-11-12-5-3-4-6-14(12)19/h3-6,9-10,20H,7-8,11H2,1-2H3. The lowest BCUT2D eigenvalue weighted by molar-refractivity contribution is 0.353. The Hall–Kier alpha value is -1.29. The average molecular weight is 464 g/mol. The maximum absolute atomic E-state index is 13.5. The molecule has 0 aliphatic carbocycles. The summed E-state index contributed by atoms with van der Waals surface area (Å²) in [4.78, 5) is 0.0641. The second kappa shape index (κ2) is 9.59. The molecule has 0 radical (unpaired) electrons. The van der Waals surface area contributed by atoms with Crippen LogP contribution in [0, 0.1) is 5.82 Å². The van der Waals surface area contributed by atoms with Gasteiger partial charge in [0.1, 0.15) is 10.7 Å². The number of benzene rings is 2. The number of halogens is 2. The molecule has 0 aliphatic rings. The molecule has 0 fully saturated rings. The molecule has 0 atom stereocenters. The van der Waals surface area contributed by atoms with Gasteiger partial charge in [-0.05, 0) is 33.6 Å². The van der Waals surface area contributed by atoms with Gasteiger partial charge in [0, 0.05) is 28.6 Å². The number of sulfonamides is 1. The number of hydrogen-bond donors (Lipinski definition) is 1. The molecule has 0 unspecified atom stereocenters. The van der Waals surface area contributed by atoms with E-state index in [0.717, 1.165) is 0 Å². The summed E-state index contributed by atoms with van der Waals surface area (Å²) < 4.78 is 51.7. The molecule has 0 saturated carbocycles. The van der Waals surface area contributed by atoms with E-state index in [-0.39, 0.29) is 17.3 Å². The van der Waals surface area contributed by atoms with Crippen LogP contribution < -0.4 is 14.2 Å². The third kappa shape index (κ3) is 5.35. The lowest BCUT2D eigenvalue weighted by Crippen LogP contribution is -2.26. The van der Waals surface area contributed by atoms with E-state index in [0.29, 0.717) is 33.0 Å². The number of nitrogens with one attached hydrogen (secondary N) is 1. The Morgan fingerprint density at radius 1 is 1.15 bits per heavy atom. The van der Waals surface area contributed by atoms with Crippen LogP contribution in [0.3, 0.4) is 0 Å². The highest BCUT2D eigenvalue weighted by atomic mass is 79.9. The first-order chi connectivity index (χ1) is 12.4. The third-order valence-electron chi connectivity index (χ3n) is 3.48. The van der Waals surface area contributed by atoms with E-state index in [1.54, 1.807) is 24.3 Å². The highest BCUT2D eigenvalue weighted by Crippen LogP contribution is 2.35. The van der Waals surface area contributed by atoms with E-state index in [1.165, 1.54) is 38.1 Å². The van der Waals surface area contributed by atoms with E-state index < -0.39 is 10.0 Å². The van der Waals surface area contributed by atoms with Crippen molar-refractivity contribution in [1.82, 2.24) is 4.72 Å². The highest BCUT2D eigenvalue weighted by Gasteiger charge is 2.20. The molecule has 5 nitrogen and oxygen atoms in total. The minimum absolute atomic E-state index is 0.0641. The van der Waals surface area contributed by atoms with Crippen molar-refractivity contribution < 1.29 is 22.3 Å². The molecule has 2 rings (SSSR count).